The van der Waals surface area contributed by atoms with Gasteiger partial charge in [-0.1, -0.05) is 24.2 Å². The van der Waals surface area contributed by atoms with Gasteiger partial charge in [0, 0.05) is 24.7 Å². The molecule has 0 spiro atoms. The Balaban J connectivity index is 1.53. The number of nitrogens with one attached hydrogen (secondary N) is 1. The number of nitro benzene ring substituents is 1. The van der Waals surface area contributed by atoms with Crippen molar-refractivity contribution in [3.63, 3.8) is 0 Å². The van der Waals surface area contributed by atoms with Crippen LogP contribution in [0.15, 0.2) is 41.3 Å². The minimum Gasteiger partial charge on any atom is -0.494 e. The van der Waals surface area contributed by atoms with Crippen LogP contribution in [0.4, 0.5) is 10.8 Å². The Morgan fingerprint density at radius 1 is 1.24 bits per heavy atom. The van der Waals surface area contributed by atoms with Gasteiger partial charge in [0.25, 0.3) is 11.6 Å². The minimum absolute atomic E-state index is 0.00447. The molecule has 3 aromatic rings. The van der Waals surface area contributed by atoms with Crippen LogP contribution in [0.5, 0.6) is 5.75 Å². The number of amides is 1. The predicted octanol–water partition coefficient (Wildman–Crippen LogP) is 4.03. The third-order valence-corrected chi connectivity index (χ3v) is 8.57. The van der Waals surface area contributed by atoms with Crippen molar-refractivity contribution in [2.75, 3.05) is 19.5 Å². The summed E-state index contributed by atoms with van der Waals surface area (Å²) >= 11 is 1.08. The molecule has 0 saturated heterocycles. The third-order valence-electron chi connectivity index (χ3n) is 5.73. The summed E-state index contributed by atoms with van der Waals surface area (Å²) in [6.07, 6.45) is 3.75. The van der Waals surface area contributed by atoms with E-state index in [-0.39, 0.29) is 33.1 Å². The van der Waals surface area contributed by atoms with Crippen molar-refractivity contribution in [3.8, 4) is 5.75 Å². The summed E-state index contributed by atoms with van der Waals surface area (Å²) in [6, 6.07) is 8.37. The molecule has 0 atom stereocenters. The van der Waals surface area contributed by atoms with Crippen molar-refractivity contribution < 1.29 is 22.9 Å². The average molecular weight is 491 g/mol. The summed E-state index contributed by atoms with van der Waals surface area (Å²) in [5, 5.41) is 14.0. The second-order valence-corrected chi connectivity index (χ2v) is 10.7. The number of fused-ring (bicyclic) bond motifs is 1. The van der Waals surface area contributed by atoms with Crippen LogP contribution in [0, 0.1) is 10.1 Å². The van der Waals surface area contributed by atoms with Crippen molar-refractivity contribution in [1.82, 2.24) is 9.29 Å². The fraction of sp³-hybridized carbons (Fsp3) is 0.333. The molecule has 10 nitrogen and oxygen atoms in total. The van der Waals surface area contributed by atoms with Gasteiger partial charge in [-0.25, -0.2) is 13.4 Å². The van der Waals surface area contributed by atoms with Gasteiger partial charge in [-0.15, -0.1) is 0 Å². The summed E-state index contributed by atoms with van der Waals surface area (Å²) in [4.78, 5) is 27.7. The fourth-order valence-corrected chi connectivity index (χ4v) is 6.20. The number of benzene rings is 2. The maximum atomic E-state index is 12.9. The van der Waals surface area contributed by atoms with E-state index in [9.17, 15) is 23.3 Å². The molecule has 1 saturated carbocycles. The number of nitrogens with zero attached hydrogens (tertiary/aromatic N) is 3. The van der Waals surface area contributed by atoms with Gasteiger partial charge in [0.1, 0.15) is 5.52 Å². The highest BCUT2D eigenvalue weighted by Gasteiger charge is 2.30. The molecular weight excluding hydrogens is 468 g/mol. The Labute approximate surface area is 194 Å². The Kier molecular flexibility index (Phi) is 6.32. The topological polar surface area (TPSA) is 132 Å². The lowest BCUT2D eigenvalue weighted by Gasteiger charge is -2.23. The lowest BCUT2D eigenvalue weighted by atomic mass is 10.2. The lowest BCUT2D eigenvalue weighted by molar-refractivity contribution is -0.384. The van der Waals surface area contributed by atoms with E-state index >= 15 is 0 Å². The molecule has 1 aliphatic carbocycles. The fourth-order valence-electron chi connectivity index (χ4n) is 3.88. The van der Waals surface area contributed by atoms with E-state index in [4.69, 9.17) is 4.74 Å². The summed E-state index contributed by atoms with van der Waals surface area (Å²) < 4.78 is 32.9. The van der Waals surface area contributed by atoms with Crippen molar-refractivity contribution in [2.45, 2.75) is 36.6 Å². The number of hydrogen-bond acceptors (Lipinski definition) is 8. The summed E-state index contributed by atoms with van der Waals surface area (Å²) in [5.41, 5.74) is 0.523. The third kappa shape index (κ3) is 4.54. The Morgan fingerprint density at radius 3 is 2.52 bits per heavy atom. The van der Waals surface area contributed by atoms with E-state index in [0.29, 0.717) is 10.2 Å². The molecule has 33 heavy (non-hydrogen) atoms. The normalized spacial score (nSPS) is 14.6. The molecule has 1 aliphatic rings. The zero-order valence-electron chi connectivity index (χ0n) is 18.0. The summed E-state index contributed by atoms with van der Waals surface area (Å²) in [5.74, 6) is -0.243. The van der Waals surface area contributed by atoms with Crippen LogP contribution in [-0.2, 0) is 10.0 Å². The number of ether oxygens (including phenoxy) is 1. The van der Waals surface area contributed by atoms with Gasteiger partial charge in [-0.05, 0) is 37.1 Å². The molecule has 2 aromatic carbocycles. The minimum atomic E-state index is -3.64. The maximum absolute atomic E-state index is 12.9. The highest BCUT2D eigenvalue weighted by atomic mass is 32.2. The number of rotatable bonds is 7. The SMILES string of the molecule is COc1cc([N+](=O)[O-])cc2sc(NC(=O)c3ccc(S(=O)(=O)N(C)C4CCCC4)cc3)nc12. The number of thiazole rings is 1. The number of nitro groups is 1. The molecule has 1 heterocycles. The number of anilines is 1. The van der Waals surface area contributed by atoms with E-state index in [0.717, 1.165) is 37.0 Å². The number of carbonyl (C=O) groups excluding carboxylic acids is 1. The van der Waals surface area contributed by atoms with Gasteiger partial charge < -0.3 is 4.74 Å². The number of methoxy groups -OCH3 is 1. The molecule has 0 unspecified atom stereocenters. The van der Waals surface area contributed by atoms with Gasteiger partial charge in [-0.2, -0.15) is 4.31 Å². The lowest BCUT2D eigenvalue weighted by Crippen LogP contribution is -2.35. The van der Waals surface area contributed by atoms with Crippen LogP contribution in [0.2, 0.25) is 0 Å². The first-order valence-electron chi connectivity index (χ1n) is 10.2. The average Bonchev–Trinajstić information content (AvgIpc) is 3.47. The summed E-state index contributed by atoms with van der Waals surface area (Å²) in [6.45, 7) is 0. The monoisotopic (exact) mass is 490 g/mol. The van der Waals surface area contributed by atoms with Crippen LogP contribution >= 0.6 is 11.3 Å². The standard InChI is InChI=1S/C21H22N4O6S2/c1-24(14-5-3-4-6-14)33(29,30)16-9-7-13(8-10-16)20(26)23-21-22-19-17(31-2)11-15(25(27)28)12-18(19)32-21/h7-12,14H,3-6H2,1-2H3,(H,22,23,26). The molecule has 1 fully saturated rings. The van der Waals surface area contributed by atoms with Crippen molar-refractivity contribution in [1.29, 1.82) is 0 Å². The van der Waals surface area contributed by atoms with E-state index in [1.165, 1.54) is 47.8 Å². The molecule has 0 radical (unpaired) electrons. The number of carbonyl (C=O) groups is 1. The Bertz CT molecular complexity index is 1310. The molecule has 1 N–H and O–H groups in total. The summed E-state index contributed by atoms with van der Waals surface area (Å²) in [7, 11) is -0.658. The predicted molar refractivity (Wildman–Crippen MR) is 124 cm³/mol. The highest BCUT2D eigenvalue weighted by molar-refractivity contribution is 7.89. The molecule has 1 amide bonds. The van der Waals surface area contributed by atoms with Gasteiger partial charge in [-0.3, -0.25) is 20.2 Å². The van der Waals surface area contributed by atoms with Crippen LogP contribution in [0.3, 0.4) is 0 Å². The zero-order valence-corrected chi connectivity index (χ0v) is 19.6. The van der Waals surface area contributed by atoms with Gasteiger partial charge in [0.15, 0.2) is 10.9 Å². The van der Waals surface area contributed by atoms with E-state index < -0.39 is 20.9 Å². The first kappa shape index (κ1) is 23.1. The van der Waals surface area contributed by atoms with E-state index in [2.05, 4.69) is 10.3 Å². The second-order valence-electron chi connectivity index (χ2n) is 7.71. The molecule has 12 heteroatoms. The molecule has 1 aromatic heterocycles. The molecule has 0 aliphatic heterocycles. The quantitative estimate of drug-likeness (QED) is 0.391. The highest BCUT2D eigenvalue weighted by Crippen LogP contribution is 2.36. The second kappa shape index (κ2) is 9.04. The van der Waals surface area contributed by atoms with Gasteiger partial charge in [0.05, 0.1) is 27.7 Å². The number of sulfonamides is 1. The van der Waals surface area contributed by atoms with Crippen molar-refractivity contribution in [3.05, 3.63) is 52.1 Å². The first-order chi connectivity index (χ1) is 15.7. The number of hydrogen-bond donors (Lipinski definition) is 1. The van der Waals surface area contributed by atoms with Crippen molar-refractivity contribution in [2.24, 2.45) is 0 Å². The van der Waals surface area contributed by atoms with E-state index in [1.54, 1.807) is 7.05 Å². The Hall–Kier alpha value is -3.09. The van der Waals surface area contributed by atoms with Crippen LogP contribution in [0.25, 0.3) is 10.2 Å². The number of non-ortho nitro benzene ring substituents is 1. The van der Waals surface area contributed by atoms with Crippen LogP contribution in [0.1, 0.15) is 36.0 Å². The molecule has 174 valence electrons. The smallest absolute Gasteiger partial charge is 0.274 e. The Morgan fingerprint density at radius 2 is 1.91 bits per heavy atom. The van der Waals surface area contributed by atoms with E-state index in [1.807, 2.05) is 0 Å². The van der Waals surface area contributed by atoms with Gasteiger partial charge in [0.2, 0.25) is 10.0 Å². The molecular formula is C21H22N4O6S2. The maximum Gasteiger partial charge on any atom is 0.274 e. The first-order valence-corrected chi connectivity index (χ1v) is 12.5. The number of aromatic nitrogens is 1. The van der Waals surface area contributed by atoms with Gasteiger partial charge >= 0.3 is 0 Å². The molecule has 0 bridgehead atoms. The largest absolute Gasteiger partial charge is 0.494 e. The van der Waals surface area contributed by atoms with Crippen LogP contribution in [-0.4, -0.2) is 48.7 Å². The van der Waals surface area contributed by atoms with Crippen LogP contribution < -0.4 is 10.1 Å². The zero-order chi connectivity index (χ0) is 23.8. The van der Waals surface area contributed by atoms with Crippen molar-refractivity contribution >= 4 is 48.3 Å². The molecule has 4 rings (SSSR count).